The average molecular weight is 220 g/mol. The van der Waals surface area contributed by atoms with Gasteiger partial charge in [-0.05, 0) is 32.4 Å². The van der Waals surface area contributed by atoms with Crippen molar-refractivity contribution in [2.24, 2.45) is 0 Å². The lowest BCUT2D eigenvalue weighted by Gasteiger charge is -2.21. The van der Waals surface area contributed by atoms with Crippen LogP contribution >= 0.6 is 0 Å². The van der Waals surface area contributed by atoms with Crippen LogP contribution in [0.15, 0.2) is 18.3 Å². The Morgan fingerprint density at radius 3 is 2.88 bits per heavy atom. The highest BCUT2D eigenvalue weighted by molar-refractivity contribution is 5.44. The highest BCUT2D eigenvalue weighted by Gasteiger charge is 2.18. The molecule has 0 amide bonds. The molecule has 0 bridgehead atoms. The topological polar surface area (TPSA) is 62.5 Å². The Morgan fingerprint density at radius 1 is 1.44 bits per heavy atom. The molecule has 0 fully saturated rings. The van der Waals surface area contributed by atoms with Crippen LogP contribution in [0.1, 0.15) is 19.4 Å². The predicted molar refractivity (Wildman–Crippen MR) is 62.5 cm³/mol. The zero-order valence-electron chi connectivity index (χ0n) is 9.73. The minimum atomic E-state index is -0.417. The molecule has 2 heterocycles. The summed E-state index contributed by atoms with van der Waals surface area (Å²) in [6.45, 7) is 5.82. The molecule has 0 aliphatic carbocycles. The first-order chi connectivity index (χ1) is 7.50. The zero-order chi connectivity index (χ0) is 11.8. The summed E-state index contributed by atoms with van der Waals surface area (Å²) in [5, 5.41) is 16.5. The molecule has 2 rings (SSSR count). The van der Waals surface area contributed by atoms with Crippen molar-refractivity contribution in [3.8, 4) is 0 Å². The first kappa shape index (κ1) is 10.9. The Labute approximate surface area is 94.1 Å². The van der Waals surface area contributed by atoms with Crippen molar-refractivity contribution < 1.29 is 5.11 Å². The quantitative estimate of drug-likeness (QED) is 0.816. The van der Waals surface area contributed by atoms with Gasteiger partial charge in [0, 0.05) is 6.20 Å². The van der Waals surface area contributed by atoms with E-state index in [1.54, 1.807) is 4.52 Å². The highest BCUT2D eigenvalue weighted by Crippen LogP contribution is 2.12. The van der Waals surface area contributed by atoms with E-state index in [1.807, 2.05) is 39.1 Å². The fourth-order valence-electron chi connectivity index (χ4n) is 1.38. The van der Waals surface area contributed by atoms with Crippen LogP contribution in [0.2, 0.25) is 0 Å². The number of nitrogens with one attached hydrogen (secondary N) is 1. The third kappa shape index (κ3) is 2.14. The van der Waals surface area contributed by atoms with Gasteiger partial charge in [-0.15, -0.1) is 5.10 Å². The Bertz CT molecular complexity index is 504. The molecule has 86 valence electrons. The van der Waals surface area contributed by atoms with Gasteiger partial charge in [0.1, 0.15) is 0 Å². The third-order valence-corrected chi connectivity index (χ3v) is 2.32. The number of aromatic nitrogens is 3. The van der Waals surface area contributed by atoms with E-state index in [4.69, 9.17) is 5.11 Å². The second-order valence-corrected chi connectivity index (χ2v) is 4.61. The minimum absolute atomic E-state index is 0.0293. The van der Waals surface area contributed by atoms with E-state index >= 15 is 0 Å². The van der Waals surface area contributed by atoms with Crippen LogP contribution in [0.5, 0.6) is 0 Å². The van der Waals surface area contributed by atoms with Gasteiger partial charge >= 0.3 is 0 Å². The monoisotopic (exact) mass is 220 g/mol. The van der Waals surface area contributed by atoms with Crippen molar-refractivity contribution in [1.82, 2.24) is 14.6 Å². The van der Waals surface area contributed by atoms with E-state index in [9.17, 15) is 0 Å². The maximum absolute atomic E-state index is 9.15. The van der Waals surface area contributed by atoms with Gasteiger partial charge in [0.15, 0.2) is 5.65 Å². The van der Waals surface area contributed by atoms with Crippen LogP contribution in [0.3, 0.4) is 0 Å². The number of hydrogen-bond donors (Lipinski definition) is 2. The number of aliphatic hydroxyl groups excluding tert-OH is 1. The van der Waals surface area contributed by atoms with E-state index in [2.05, 4.69) is 15.4 Å². The summed E-state index contributed by atoms with van der Waals surface area (Å²) in [6, 6.07) is 3.91. The highest BCUT2D eigenvalue weighted by atomic mass is 16.3. The molecule has 5 heteroatoms. The fourth-order valence-corrected chi connectivity index (χ4v) is 1.38. The van der Waals surface area contributed by atoms with E-state index in [-0.39, 0.29) is 6.61 Å². The lowest BCUT2D eigenvalue weighted by Crippen LogP contribution is -2.35. The Morgan fingerprint density at radius 2 is 2.19 bits per heavy atom. The van der Waals surface area contributed by atoms with Crippen LogP contribution < -0.4 is 5.32 Å². The molecule has 0 atom stereocenters. The summed E-state index contributed by atoms with van der Waals surface area (Å²) in [7, 11) is 0. The zero-order valence-corrected chi connectivity index (χ0v) is 9.73. The molecule has 0 aliphatic rings. The second-order valence-electron chi connectivity index (χ2n) is 4.61. The Kier molecular flexibility index (Phi) is 2.55. The minimum Gasteiger partial charge on any atom is -0.394 e. The molecular formula is C11H16N4O. The maximum Gasteiger partial charge on any atom is 0.243 e. The largest absolute Gasteiger partial charge is 0.394 e. The number of aryl methyl sites for hydroxylation is 1. The van der Waals surface area contributed by atoms with Crippen molar-refractivity contribution in [2.75, 3.05) is 11.9 Å². The summed E-state index contributed by atoms with van der Waals surface area (Å²) in [4.78, 5) is 4.32. The van der Waals surface area contributed by atoms with Gasteiger partial charge in [0.05, 0.1) is 12.1 Å². The number of aliphatic hydroxyl groups is 1. The van der Waals surface area contributed by atoms with Gasteiger partial charge in [-0.3, -0.25) is 0 Å². The first-order valence-electron chi connectivity index (χ1n) is 5.22. The summed E-state index contributed by atoms with van der Waals surface area (Å²) < 4.78 is 1.73. The van der Waals surface area contributed by atoms with Gasteiger partial charge in [-0.1, -0.05) is 6.07 Å². The summed E-state index contributed by atoms with van der Waals surface area (Å²) in [5.74, 6) is 0.532. The number of anilines is 1. The van der Waals surface area contributed by atoms with Crippen LogP contribution in [0.4, 0.5) is 5.95 Å². The summed E-state index contributed by atoms with van der Waals surface area (Å²) in [6.07, 6.45) is 1.92. The normalized spacial score (nSPS) is 12.0. The SMILES string of the molecule is Cc1ccc2nc(NC(C)(C)CO)nn2c1. The molecule has 16 heavy (non-hydrogen) atoms. The first-order valence-corrected chi connectivity index (χ1v) is 5.22. The van der Waals surface area contributed by atoms with E-state index < -0.39 is 5.54 Å². The maximum atomic E-state index is 9.15. The molecule has 2 aromatic rings. The standard InChI is InChI=1S/C11H16N4O/c1-8-4-5-9-12-10(14-15(9)6-8)13-11(2,3)7-16/h4-6,16H,7H2,1-3H3,(H,13,14). The van der Waals surface area contributed by atoms with Gasteiger partial charge in [0.25, 0.3) is 0 Å². The van der Waals surface area contributed by atoms with Crippen molar-refractivity contribution in [2.45, 2.75) is 26.3 Å². The number of hydrogen-bond acceptors (Lipinski definition) is 4. The number of nitrogens with zero attached hydrogens (tertiary/aromatic N) is 3. The number of fused-ring (bicyclic) bond motifs is 1. The lowest BCUT2D eigenvalue weighted by atomic mass is 10.1. The van der Waals surface area contributed by atoms with E-state index in [1.165, 1.54) is 0 Å². The van der Waals surface area contributed by atoms with Gasteiger partial charge in [0.2, 0.25) is 5.95 Å². The van der Waals surface area contributed by atoms with Crippen LogP contribution in [0.25, 0.3) is 5.65 Å². The molecule has 0 aromatic carbocycles. The molecule has 0 spiro atoms. The predicted octanol–water partition coefficient (Wildman–Crippen LogP) is 1.22. The third-order valence-electron chi connectivity index (χ3n) is 2.32. The molecule has 0 unspecified atom stereocenters. The molecule has 5 nitrogen and oxygen atoms in total. The summed E-state index contributed by atoms with van der Waals surface area (Å²) >= 11 is 0. The van der Waals surface area contributed by atoms with Crippen LogP contribution in [-0.2, 0) is 0 Å². The molecule has 2 aromatic heterocycles. The molecule has 0 radical (unpaired) electrons. The van der Waals surface area contributed by atoms with Gasteiger partial charge in [-0.2, -0.15) is 4.98 Å². The Hall–Kier alpha value is -1.62. The van der Waals surface area contributed by atoms with Gasteiger partial charge < -0.3 is 10.4 Å². The van der Waals surface area contributed by atoms with Crippen LogP contribution in [0, 0.1) is 6.92 Å². The average Bonchev–Trinajstić information content (AvgIpc) is 2.58. The molecule has 0 aliphatic heterocycles. The lowest BCUT2D eigenvalue weighted by molar-refractivity contribution is 0.233. The van der Waals surface area contributed by atoms with E-state index in [0.29, 0.717) is 5.95 Å². The molecule has 0 saturated heterocycles. The Balaban J connectivity index is 2.33. The molecular weight excluding hydrogens is 204 g/mol. The van der Waals surface area contributed by atoms with E-state index in [0.717, 1.165) is 11.2 Å². The van der Waals surface area contributed by atoms with Crippen molar-refractivity contribution >= 4 is 11.6 Å². The smallest absolute Gasteiger partial charge is 0.243 e. The van der Waals surface area contributed by atoms with Crippen molar-refractivity contribution in [3.63, 3.8) is 0 Å². The molecule has 0 saturated carbocycles. The summed E-state index contributed by atoms with van der Waals surface area (Å²) in [5.41, 5.74) is 1.51. The fraction of sp³-hybridized carbons (Fsp3) is 0.455. The second kappa shape index (κ2) is 3.75. The molecule has 2 N–H and O–H groups in total. The van der Waals surface area contributed by atoms with Crippen molar-refractivity contribution in [1.29, 1.82) is 0 Å². The van der Waals surface area contributed by atoms with Crippen molar-refractivity contribution in [3.05, 3.63) is 23.9 Å². The van der Waals surface area contributed by atoms with Crippen LogP contribution in [-0.4, -0.2) is 31.9 Å². The number of pyridine rings is 1. The van der Waals surface area contributed by atoms with Gasteiger partial charge in [-0.25, -0.2) is 4.52 Å². The number of rotatable bonds is 3.